The van der Waals surface area contributed by atoms with Gasteiger partial charge in [-0.3, -0.25) is 4.90 Å². The van der Waals surface area contributed by atoms with E-state index in [2.05, 4.69) is 30.9 Å². The lowest BCUT2D eigenvalue weighted by Crippen LogP contribution is -2.34. The van der Waals surface area contributed by atoms with Gasteiger partial charge in [0.2, 0.25) is 0 Å². The molecule has 2 heteroatoms. The highest BCUT2D eigenvalue weighted by Gasteiger charge is 2.27. The zero-order chi connectivity index (χ0) is 9.68. The van der Waals surface area contributed by atoms with E-state index < -0.39 is 0 Å². The average molecular weight is 182 g/mol. The van der Waals surface area contributed by atoms with Crippen molar-refractivity contribution in [2.24, 2.45) is 5.73 Å². The van der Waals surface area contributed by atoms with Crippen molar-refractivity contribution in [1.29, 1.82) is 0 Å². The van der Waals surface area contributed by atoms with Crippen molar-refractivity contribution >= 4 is 0 Å². The molecule has 2 N–H and O–H groups in total. The van der Waals surface area contributed by atoms with E-state index in [-0.39, 0.29) is 0 Å². The van der Waals surface area contributed by atoms with E-state index in [9.17, 15) is 0 Å². The normalized spacial score (nSPS) is 30.4. The molecular formula is C11H22N2. The van der Waals surface area contributed by atoms with Gasteiger partial charge in [0.05, 0.1) is 0 Å². The highest BCUT2D eigenvalue weighted by atomic mass is 15.2. The Kier molecular flexibility index (Phi) is 4.46. The minimum absolute atomic E-state index is 0.666. The van der Waals surface area contributed by atoms with Crippen molar-refractivity contribution in [1.82, 2.24) is 4.90 Å². The molecule has 1 fully saturated rings. The molecule has 2 atom stereocenters. The van der Waals surface area contributed by atoms with Gasteiger partial charge in [0, 0.05) is 25.2 Å². The van der Waals surface area contributed by atoms with Crippen LogP contribution in [0.3, 0.4) is 0 Å². The monoisotopic (exact) mass is 182 g/mol. The molecule has 0 aromatic carbocycles. The summed E-state index contributed by atoms with van der Waals surface area (Å²) in [6.07, 6.45) is 8.26. The third kappa shape index (κ3) is 2.82. The standard InChI is InChI=1S/C11H22N2/c1-3-11-7-6-10(2)13(11)9-5-4-8-12/h4-5,10-11H,3,6-9,12H2,1-2H3/b5-4+. The number of nitrogens with zero attached hydrogens (tertiary/aromatic N) is 1. The van der Waals surface area contributed by atoms with Crippen molar-refractivity contribution < 1.29 is 0 Å². The molecule has 1 aliphatic rings. The van der Waals surface area contributed by atoms with Crippen LogP contribution in [0, 0.1) is 0 Å². The molecule has 1 aliphatic heterocycles. The lowest BCUT2D eigenvalue weighted by Gasteiger charge is -2.26. The van der Waals surface area contributed by atoms with Crippen molar-refractivity contribution in [3.05, 3.63) is 12.2 Å². The van der Waals surface area contributed by atoms with Gasteiger partial charge in [-0.1, -0.05) is 19.1 Å². The van der Waals surface area contributed by atoms with Gasteiger partial charge in [-0.2, -0.15) is 0 Å². The van der Waals surface area contributed by atoms with Gasteiger partial charge in [0.1, 0.15) is 0 Å². The summed E-state index contributed by atoms with van der Waals surface area (Å²) in [7, 11) is 0. The Hall–Kier alpha value is -0.340. The number of hydrogen-bond acceptors (Lipinski definition) is 2. The fraction of sp³-hybridized carbons (Fsp3) is 0.818. The fourth-order valence-corrected chi connectivity index (χ4v) is 2.19. The highest BCUT2D eigenvalue weighted by molar-refractivity contribution is 4.92. The third-order valence-electron chi connectivity index (χ3n) is 3.04. The first-order valence-corrected chi connectivity index (χ1v) is 5.40. The maximum Gasteiger partial charge on any atom is 0.0169 e. The minimum atomic E-state index is 0.666. The van der Waals surface area contributed by atoms with Gasteiger partial charge in [0.15, 0.2) is 0 Å². The molecule has 0 saturated carbocycles. The van der Waals surface area contributed by atoms with Crippen LogP contribution in [-0.4, -0.2) is 30.1 Å². The van der Waals surface area contributed by atoms with Crippen LogP contribution >= 0.6 is 0 Å². The van der Waals surface area contributed by atoms with Crippen LogP contribution in [0.15, 0.2) is 12.2 Å². The quantitative estimate of drug-likeness (QED) is 0.671. The molecule has 0 bridgehead atoms. The van der Waals surface area contributed by atoms with Crippen LogP contribution in [0.1, 0.15) is 33.1 Å². The maximum atomic E-state index is 5.41. The van der Waals surface area contributed by atoms with Crippen molar-refractivity contribution in [3.8, 4) is 0 Å². The Morgan fingerprint density at radius 3 is 2.77 bits per heavy atom. The highest BCUT2D eigenvalue weighted by Crippen LogP contribution is 2.25. The Morgan fingerprint density at radius 2 is 2.15 bits per heavy atom. The summed E-state index contributed by atoms with van der Waals surface area (Å²) in [5.74, 6) is 0. The number of rotatable bonds is 4. The smallest absolute Gasteiger partial charge is 0.0169 e. The molecule has 76 valence electrons. The Bertz CT molecular complexity index is 165. The summed E-state index contributed by atoms with van der Waals surface area (Å²) < 4.78 is 0. The molecule has 0 aromatic rings. The zero-order valence-electron chi connectivity index (χ0n) is 8.87. The summed E-state index contributed by atoms with van der Waals surface area (Å²) in [6.45, 7) is 6.35. The van der Waals surface area contributed by atoms with Crippen LogP contribution in [0.5, 0.6) is 0 Å². The second-order valence-electron chi connectivity index (χ2n) is 3.89. The second kappa shape index (κ2) is 5.40. The van der Waals surface area contributed by atoms with Crippen LogP contribution in [0.4, 0.5) is 0 Å². The topological polar surface area (TPSA) is 29.3 Å². The summed E-state index contributed by atoms with van der Waals surface area (Å²) in [5.41, 5.74) is 5.41. The van der Waals surface area contributed by atoms with Gasteiger partial charge in [-0.15, -0.1) is 0 Å². The van der Waals surface area contributed by atoms with Gasteiger partial charge in [-0.25, -0.2) is 0 Å². The summed E-state index contributed by atoms with van der Waals surface area (Å²) in [6, 6.07) is 1.56. The van der Waals surface area contributed by atoms with Crippen molar-refractivity contribution in [2.45, 2.75) is 45.2 Å². The molecular weight excluding hydrogens is 160 g/mol. The van der Waals surface area contributed by atoms with Gasteiger partial charge >= 0.3 is 0 Å². The Labute approximate surface area is 81.8 Å². The lowest BCUT2D eigenvalue weighted by molar-refractivity contribution is 0.221. The van der Waals surface area contributed by atoms with E-state index in [0.717, 1.165) is 18.6 Å². The first-order chi connectivity index (χ1) is 6.29. The fourth-order valence-electron chi connectivity index (χ4n) is 2.19. The van der Waals surface area contributed by atoms with Crippen molar-refractivity contribution in [2.75, 3.05) is 13.1 Å². The molecule has 0 spiro atoms. The number of hydrogen-bond donors (Lipinski definition) is 1. The third-order valence-corrected chi connectivity index (χ3v) is 3.04. The Morgan fingerprint density at radius 1 is 1.38 bits per heavy atom. The van der Waals surface area contributed by atoms with Gasteiger partial charge < -0.3 is 5.73 Å². The first-order valence-electron chi connectivity index (χ1n) is 5.40. The molecule has 1 rings (SSSR count). The number of nitrogens with two attached hydrogens (primary N) is 1. The van der Waals surface area contributed by atoms with E-state index in [1.54, 1.807) is 0 Å². The molecule has 13 heavy (non-hydrogen) atoms. The Balaban J connectivity index is 2.40. The summed E-state index contributed by atoms with van der Waals surface area (Å²) >= 11 is 0. The van der Waals surface area contributed by atoms with E-state index >= 15 is 0 Å². The molecule has 0 aromatic heterocycles. The lowest BCUT2D eigenvalue weighted by atomic mass is 10.1. The SMILES string of the molecule is CCC1CCC(C)N1C/C=C/CN. The largest absolute Gasteiger partial charge is 0.327 e. The average Bonchev–Trinajstić information content (AvgIpc) is 2.48. The summed E-state index contributed by atoms with van der Waals surface area (Å²) in [5, 5.41) is 0. The molecule has 0 aliphatic carbocycles. The number of likely N-dealkylation sites (tertiary alicyclic amines) is 1. The van der Waals surface area contributed by atoms with E-state index in [4.69, 9.17) is 5.73 Å². The van der Waals surface area contributed by atoms with Crippen LogP contribution < -0.4 is 5.73 Å². The van der Waals surface area contributed by atoms with E-state index in [1.807, 2.05) is 0 Å². The maximum absolute atomic E-state index is 5.41. The predicted octanol–water partition coefficient (Wildman–Crippen LogP) is 1.76. The van der Waals surface area contributed by atoms with Gasteiger partial charge in [-0.05, 0) is 26.2 Å². The molecule has 2 unspecified atom stereocenters. The molecule has 1 saturated heterocycles. The van der Waals surface area contributed by atoms with Gasteiger partial charge in [0.25, 0.3) is 0 Å². The second-order valence-corrected chi connectivity index (χ2v) is 3.89. The van der Waals surface area contributed by atoms with E-state index in [1.165, 1.54) is 19.3 Å². The summed E-state index contributed by atoms with van der Waals surface area (Å²) in [4.78, 5) is 2.59. The molecule has 0 radical (unpaired) electrons. The van der Waals surface area contributed by atoms with Crippen molar-refractivity contribution in [3.63, 3.8) is 0 Å². The first kappa shape index (κ1) is 10.7. The molecule has 2 nitrogen and oxygen atoms in total. The van der Waals surface area contributed by atoms with Crippen LogP contribution in [0.25, 0.3) is 0 Å². The molecule has 1 heterocycles. The van der Waals surface area contributed by atoms with E-state index in [0.29, 0.717) is 6.54 Å². The minimum Gasteiger partial charge on any atom is -0.327 e. The molecule has 0 amide bonds. The zero-order valence-corrected chi connectivity index (χ0v) is 8.87. The van der Waals surface area contributed by atoms with Crippen LogP contribution in [0.2, 0.25) is 0 Å². The predicted molar refractivity (Wildman–Crippen MR) is 57.7 cm³/mol. The van der Waals surface area contributed by atoms with Crippen LogP contribution in [-0.2, 0) is 0 Å².